The molecule has 1 atom stereocenters. The molecule has 1 aliphatic heterocycles. The van der Waals surface area contributed by atoms with Crippen molar-refractivity contribution < 1.29 is 18.3 Å². The van der Waals surface area contributed by atoms with Crippen LogP contribution in [0.3, 0.4) is 0 Å². The van der Waals surface area contributed by atoms with Crippen LogP contribution in [0.1, 0.15) is 22.8 Å². The molecule has 0 bridgehead atoms. The van der Waals surface area contributed by atoms with Crippen LogP contribution in [0, 0.1) is 11.6 Å². The molecule has 0 N–H and O–H groups in total. The lowest BCUT2D eigenvalue weighted by molar-refractivity contribution is 0.0690. The van der Waals surface area contributed by atoms with Gasteiger partial charge in [0.05, 0.1) is 6.54 Å². The van der Waals surface area contributed by atoms with Gasteiger partial charge in [-0.3, -0.25) is 4.79 Å². The van der Waals surface area contributed by atoms with Gasteiger partial charge in [-0.15, -0.1) is 0 Å². The van der Waals surface area contributed by atoms with Gasteiger partial charge in [0, 0.05) is 17.7 Å². The fourth-order valence-electron chi connectivity index (χ4n) is 2.55. The van der Waals surface area contributed by atoms with E-state index in [2.05, 4.69) is 0 Å². The van der Waals surface area contributed by atoms with Gasteiger partial charge in [0.1, 0.15) is 11.9 Å². The minimum atomic E-state index is -1.02. The van der Waals surface area contributed by atoms with E-state index in [9.17, 15) is 13.6 Å². The van der Waals surface area contributed by atoms with Gasteiger partial charge in [0.15, 0.2) is 11.6 Å². The molecular formula is C17H15F2NO2. The van der Waals surface area contributed by atoms with E-state index in [0.717, 1.165) is 23.4 Å². The number of nitrogens with zero attached hydrogens (tertiary/aromatic N) is 1. The fourth-order valence-corrected chi connectivity index (χ4v) is 2.55. The molecule has 22 heavy (non-hydrogen) atoms. The van der Waals surface area contributed by atoms with Crippen LogP contribution >= 0.6 is 0 Å². The molecule has 0 aromatic heterocycles. The van der Waals surface area contributed by atoms with Crippen molar-refractivity contribution in [3.8, 4) is 5.75 Å². The third kappa shape index (κ3) is 2.79. The average Bonchev–Trinajstić information content (AvgIpc) is 2.67. The highest BCUT2D eigenvalue weighted by Crippen LogP contribution is 2.25. The smallest absolute Gasteiger partial charge is 0.254 e. The summed E-state index contributed by atoms with van der Waals surface area (Å²) in [4.78, 5) is 14.1. The second kappa shape index (κ2) is 5.75. The van der Waals surface area contributed by atoms with Gasteiger partial charge >= 0.3 is 0 Å². The number of halogens is 2. The number of hydrogen-bond donors (Lipinski definition) is 0. The maximum Gasteiger partial charge on any atom is 0.254 e. The summed E-state index contributed by atoms with van der Waals surface area (Å²) in [5.74, 6) is -1.58. The molecule has 0 spiro atoms. The lowest BCUT2D eigenvalue weighted by atomic mass is 10.1. The van der Waals surface area contributed by atoms with Crippen LogP contribution in [-0.2, 0) is 6.54 Å². The zero-order valence-corrected chi connectivity index (χ0v) is 12.1. The topological polar surface area (TPSA) is 29.5 Å². The third-order valence-corrected chi connectivity index (χ3v) is 3.59. The molecule has 1 unspecified atom stereocenters. The molecule has 0 fully saturated rings. The van der Waals surface area contributed by atoms with Crippen molar-refractivity contribution in [3.63, 3.8) is 0 Å². The summed E-state index contributed by atoms with van der Waals surface area (Å²) in [7, 11) is 0. The molecule has 1 aliphatic rings. The van der Waals surface area contributed by atoms with Gasteiger partial charge in [-0.05, 0) is 31.2 Å². The van der Waals surface area contributed by atoms with Gasteiger partial charge in [-0.25, -0.2) is 8.78 Å². The highest BCUT2D eigenvalue weighted by molar-refractivity contribution is 5.94. The van der Waals surface area contributed by atoms with Crippen molar-refractivity contribution in [2.75, 3.05) is 6.54 Å². The maximum absolute atomic E-state index is 13.3. The van der Waals surface area contributed by atoms with Crippen molar-refractivity contribution in [2.45, 2.75) is 19.6 Å². The molecule has 0 radical (unpaired) electrons. The van der Waals surface area contributed by atoms with Crippen LogP contribution < -0.4 is 4.74 Å². The number of carbonyl (C=O) groups excluding carboxylic acids is 1. The molecule has 114 valence electrons. The number of hydrogen-bond acceptors (Lipinski definition) is 2. The van der Waals surface area contributed by atoms with E-state index in [-0.39, 0.29) is 17.6 Å². The number of fused-ring (bicyclic) bond motifs is 1. The molecule has 0 aliphatic carbocycles. The van der Waals surface area contributed by atoms with Crippen LogP contribution in [0.5, 0.6) is 5.75 Å². The molecule has 0 saturated heterocycles. The number of benzene rings is 2. The molecule has 3 rings (SSSR count). The van der Waals surface area contributed by atoms with E-state index >= 15 is 0 Å². The van der Waals surface area contributed by atoms with Crippen molar-refractivity contribution in [1.29, 1.82) is 0 Å². The molecule has 3 nitrogen and oxygen atoms in total. The first-order chi connectivity index (χ1) is 10.5. The summed E-state index contributed by atoms with van der Waals surface area (Å²) >= 11 is 0. The maximum atomic E-state index is 13.3. The molecule has 2 aromatic rings. The van der Waals surface area contributed by atoms with E-state index in [4.69, 9.17) is 4.74 Å². The number of para-hydroxylation sites is 1. The predicted molar refractivity (Wildman–Crippen MR) is 77.6 cm³/mol. The first-order valence-electron chi connectivity index (χ1n) is 7.03. The zero-order chi connectivity index (χ0) is 15.7. The van der Waals surface area contributed by atoms with Crippen LogP contribution in [-0.4, -0.2) is 23.5 Å². The van der Waals surface area contributed by atoms with Crippen molar-refractivity contribution >= 4 is 5.91 Å². The number of ether oxygens (including phenoxy) is 1. The van der Waals surface area contributed by atoms with Gasteiger partial charge in [-0.1, -0.05) is 18.2 Å². The van der Waals surface area contributed by atoms with E-state index in [0.29, 0.717) is 13.1 Å². The van der Waals surface area contributed by atoms with Gasteiger partial charge in [0.2, 0.25) is 0 Å². The Hall–Kier alpha value is -2.43. The highest BCUT2D eigenvalue weighted by Gasteiger charge is 2.24. The Morgan fingerprint density at radius 3 is 2.73 bits per heavy atom. The average molecular weight is 303 g/mol. The summed E-state index contributed by atoms with van der Waals surface area (Å²) in [6.07, 6.45) is -0.183. The molecular weight excluding hydrogens is 288 g/mol. The Kier molecular flexibility index (Phi) is 3.79. The summed E-state index contributed by atoms with van der Waals surface area (Å²) in [5.41, 5.74) is 1.02. The molecule has 1 amide bonds. The van der Waals surface area contributed by atoms with Crippen LogP contribution in [0.25, 0.3) is 0 Å². The Morgan fingerprint density at radius 1 is 1.18 bits per heavy atom. The Morgan fingerprint density at radius 2 is 1.95 bits per heavy atom. The van der Waals surface area contributed by atoms with E-state index in [1.807, 2.05) is 31.2 Å². The van der Waals surface area contributed by atoms with Gasteiger partial charge in [-0.2, -0.15) is 0 Å². The predicted octanol–water partition coefficient (Wildman–Crippen LogP) is 3.39. The monoisotopic (exact) mass is 303 g/mol. The second-order valence-electron chi connectivity index (χ2n) is 5.35. The quantitative estimate of drug-likeness (QED) is 0.808. The van der Waals surface area contributed by atoms with Crippen molar-refractivity contribution in [2.24, 2.45) is 0 Å². The second-order valence-corrected chi connectivity index (χ2v) is 5.35. The Balaban J connectivity index is 1.90. The van der Waals surface area contributed by atoms with E-state index in [1.54, 1.807) is 4.90 Å². The zero-order valence-electron chi connectivity index (χ0n) is 12.1. The lowest BCUT2D eigenvalue weighted by Gasteiger charge is -2.22. The fraction of sp³-hybridized carbons (Fsp3) is 0.235. The summed E-state index contributed by atoms with van der Waals surface area (Å²) in [6.45, 7) is 2.62. The number of carbonyl (C=O) groups is 1. The number of rotatable bonds is 1. The number of amides is 1. The van der Waals surface area contributed by atoms with E-state index in [1.165, 1.54) is 6.07 Å². The SMILES string of the molecule is CC1CN(C(=O)c2ccc(F)c(F)c2)Cc2ccccc2O1. The first-order valence-corrected chi connectivity index (χ1v) is 7.03. The first kappa shape index (κ1) is 14.5. The van der Waals surface area contributed by atoms with Crippen LogP contribution in [0.2, 0.25) is 0 Å². The van der Waals surface area contributed by atoms with Gasteiger partial charge < -0.3 is 9.64 Å². The van der Waals surface area contributed by atoms with Gasteiger partial charge in [0.25, 0.3) is 5.91 Å². The lowest BCUT2D eigenvalue weighted by Crippen LogP contribution is -2.36. The van der Waals surface area contributed by atoms with Crippen molar-refractivity contribution in [3.05, 3.63) is 65.2 Å². The minimum absolute atomic E-state index is 0.130. The molecule has 0 saturated carbocycles. The van der Waals surface area contributed by atoms with Crippen molar-refractivity contribution in [1.82, 2.24) is 4.90 Å². The summed E-state index contributed by atoms with van der Waals surface area (Å²) in [5, 5.41) is 0. The van der Waals surface area contributed by atoms with Crippen LogP contribution in [0.4, 0.5) is 8.78 Å². The normalized spacial score (nSPS) is 17.4. The highest BCUT2D eigenvalue weighted by atomic mass is 19.2. The summed E-state index contributed by atoms with van der Waals surface area (Å²) < 4.78 is 32.1. The molecule has 2 aromatic carbocycles. The van der Waals surface area contributed by atoms with E-state index < -0.39 is 11.6 Å². The third-order valence-electron chi connectivity index (χ3n) is 3.59. The largest absolute Gasteiger partial charge is 0.489 e. The Bertz CT molecular complexity index is 718. The molecule has 5 heteroatoms. The Labute approximate surface area is 127 Å². The summed E-state index contributed by atoms with van der Waals surface area (Å²) in [6, 6.07) is 10.7. The van der Waals surface area contributed by atoms with Crippen LogP contribution in [0.15, 0.2) is 42.5 Å². The standard InChI is InChI=1S/C17H15F2NO2/c1-11-9-20(10-13-4-2-3-5-16(13)22-11)17(21)12-6-7-14(18)15(19)8-12/h2-8,11H,9-10H2,1H3. The molecule has 1 heterocycles. The minimum Gasteiger partial charge on any atom is -0.489 e.